The minimum atomic E-state index is -3.55. The zero-order chi connectivity index (χ0) is 13.8. The minimum Gasteiger partial charge on any atom is -0.398 e. The number of nitrogens with two attached hydrogens (primary N) is 1. The second kappa shape index (κ2) is 6.65. The molecule has 1 aromatic rings. The summed E-state index contributed by atoms with van der Waals surface area (Å²) in [6, 6.07) is 4.36. The Morgan fingerprint density at radius 1 is 1.50 bits per heavy atom. The van der Waals surface area contributed by atoms with Gasteiger partial charge in [-0.15, -0.1) is 0 Å². The van der Waals surface area contributed by atoms with Gasteiger partial charge in [0.15, 0.2) is 0 Å². The molecule has 18 heavy (non-hydrogen) atoms. The number of benzene rings is 1. The fourth-order valence-electron chi connectivity index (χ4n) is 1.36. The van der Waals surface area contributed by atoms with E-state index in [0.717, 1.165) is 6.42 Å². The molecule has 1 atom stereocenters. The molecule has 102 valence electrons. The highest BCUT2D eigenvalue weighted by Crippen LogP contribution is 2.22. The first-order chi connectivity index (χ1) is 8.36. The molecule has 1 rings (SSSR count). The molecule has 0 radical (unpaired) electrons. The lowest BCUT2D eigenvalue weighted by molar-refractivity contribution is 0.579. The monoisotopic (exact) mass is 308 g/mol. The molecule has 3 N–H and O–H groups in total. The summed E-state index contributed by atoms with van der Waals surface area (Å²) in [4.78, 5) is 0.0729. The van der Waals surface area contributed by atoms with Crippen molar-refractivity contribution in [3.05, 3.63) is 23.2 Å². The molecule has 0 heterocycles. The van der Waals surface area contributed by atoms with E-state index in [1.54, 1.807) is 11.8 Å². The van der Waals surface area contributed by atoms with Crippen LogP contribution >= 0.6 is 23.4 Å². The molecule has 0 aliphatic rings. The SMILES string of the molecule is CSC(C)CCNS(=O)(=O)c1ccc(Cl)cc1N. The number of hydrogen-bond acceptors (Lipinski definition) is 4. The average Bonchev–Trinajstić information content (AvgIpc) is 2.27. The van der Waals surface area contributed by atoms with Crippen molar-refractivity contribution in [2.45, 2.75) is 23.5 Å². The Morgan fingerprint density at radius 2 is 2.17 bits per heavy atom. The first-order valence-electron chi connectivity index (χ1n) is 5.44. The summed E-state index contributed by atoms with van der Waals surface area (Å²) in [6.45, 7) is 2.45. The number of sulfonamides is 1. The molecule has 0 saturated heterocycles. The van der Waals surface area contributed by atoms with E-state index in [1.165, 1.54) is 18.2 Å². The van der Waals surface area contributed by atoms with Crippen LogP contribution in [0.3, 0.4) is 0 Å². The summed E-state index contributed by atoms with van der Waals surface area (Å²) in [7, 11) is -3.55. The van der Waals surface area contributed by atoms with Crippen molar-refractivity contribution < 1.29 is 8.42 Å². The topological polar surface area (TPSA) is 72.2 Å². The lowest BCUT2D eigenvalue weighted by Gasteiger charge is -2.11. The fraction of sp³-hybridized carbons (Fsp3) is 0.455. The third kappa shape index (κ3) is 4.35. The number of anilines is 1. The summed E-state index contributed by atoms with van der Waals surface area (Å²) < 4.78 is 26.5. The van der Waals surface area contributed by atoms with E-state index in [4.69, 9.17) is 17.3 Å². The van der Waals surface area contributed by atoms with E-state index < -0.39 is 10.0 Å². The molecule has 4 nitrogen and oxygen atoms in total. The van der Waals surface area contributed by atoms with Crippen molar-refractivity contribution in [1.29, 1.82) is 0 Å². The van der Waals surface area contributed by atoms with Crippen LogP contribution in [-0.4, -0.2) is 26.5 Å². The van der Waals surface area contributed by atoms with Crippen molar-refractivity contribution in [1.82, 2.24) is 4.72 Å². The maximum Gasteiger partial charge on any atom is 0.242 e. The Hall–Kier alpha value is -0.430. The molecule has 0 amide bonds. The fourth-order valence-corrected chi connectivity index (χ4v) is 3.05. The molecule has 1 unspecified atom stereocenters. The van der Waals surface area contributed by atoms with E-state index in [-0.39, 0.29) is 10.6 Å². The van der Waals surface area contributed by atoms with Crippen molar-refractivity contribution in [3.63, 3.8) is 0 Å². The van der Waals surface area contributed by atoms with E-state index in [0.29, 0.717) is 16.8 Å². The lowest BCUT2D eigenvalue weighted by atomic mass is 10.3. The molecule has 0 bridgehead atoms. The molecular formula is C11H17ClN2O2S2. The number of nitrogen functional groups attached to an aromatic ring is 1. The summed E-state index contributed by atoms with van der Waals surface area (Å²) in [6.07, 6.45) is 2.77. The number of hydrogen-bond donors (Lipinski definition) is 2. The van der Waals surface area contributed by atoms with Gasteiger partial charge in [-0.25, -0.2) is 13.1 Å². The van der Waals surface area contributed by atoms with Crippen LogP contribution in [0, 0.1) is 0 Å². The van der Waals surface area contributed by atoms with Crippen LogP contribution in [0.1, 0.15) is 13.3 Å². The van der Waals surface area contributed by atoms with Crippen LogP contribution in [-0.2, 0) is 10.0 Å². The number of thioether (sulfide) groups is 1. The normalized spacial score (nSPS) is 13.5. The predicted octanol–water partition coefficient (Wildman–Crippen LogP) is 2.34. The summed E-state index contributed by atoms with van der Waals surface area (Å²) in [5.41, 5.74) is 5.82. The Kier molecular flexibility index (Phi) is 5.78. The highest BCUT2D eigenvalue weighted by Gasteiger charge is 2.17. The summed E-state index contributed by atoms with van der Waals surface area (Å²) in [5.74, 6) is 0. The lowest BCUT2D eigenvalue weighted by Crippen LogP contribution is -2.27. The van der Waals surface area contributed by atoms with Crippen molar-refractivity contribution >= 4 is 39.1 Å². The van der Waals surface area contributed by atoms with Crippen LogP contribution < -0.4 is 10.5 Å². The molecule has 0 aliphatic heterocycles. The first-order valence-corrected chi connectivity index (χ1v) is 8.59. The van der Waals surface area contributed by atoms with Gasteiger partial charge in [-0.1, -0.05) is 18.5 Å². The zero-order valence-electron chi connectivity index (χ0n) is 10.3. The molecule has 0 spiro atoms. The third-order valence-electron chi connectivity index (χ3n) is 2.51. The maximum absolute atomic E-state index is 12.0. The largest absolute Gasteiger partial charge is 0.398 e. The molecule has 0 fully saturated rings. The maximum atomic E-state index is 12.0. The van der Waals surface area contributed by atoms with Crippen LogP contribution in [0.25, 0.3) is 0 Å². The van der Waals surface area contributed by atoms with Gasteiger partial charge in [0.05, 0.1) is 5.69 Å². The zero-order valence-corrected chi connectivity index (χ0v) is 12.7. The van der Waals surface area contributed by atoms with Gasteiger partial charge in [-0.2, -0.15) is 11.8 Å². The van der Waals surface area contributed by atoms with E-state index in [2.05, 4.69) is 11.6 Å². The Labute approximate surface area is 117 Å². The molecule has 1 aromatic carbocycles. The van der Waals surface area contributed by atoms with E-state index in [1.807, 2.05) is 6.26 Å². The van der Waals surface area contributed by atoms with Crippen molar-refractivity contribution in [2.75, 3.05) is 18.5 Å². The van der Waals surface area contributed by atoms with Crippen molar-refractivity contribution in [3.8, 4) is 0 Å². The Bertz CT molecular complexity index is 506. The van der Waals surface area contributed by atoms with Gasteiger partial charge in [-0.05, 0) is 30.9 Å². The van der Waals surface area contributed by atoms with Gasteiger partial charge in [0.25, 0.3) is 0 Å². The second-order valence-electron chi connectivity index (χ2n) is 3.91. The highest BCUT2D eigenvalue weighted by molar-refractivity contribution is 7.99. The molecular weight excluding hydrogens is 292 g/mol. The van der Waals surface area contributed by atoms with Gasteiger partial charge < -0.3 is 5.73 Å². The van der Waals surface area contributed by atoms with Crippen LogP contribution in [0.15, 0.2) is 23.1 Å². The molecule has 0 aliphatic carbocycles. The van der Waals surface area contributed by atoms with Crippen LogP contribution in [0.4, 0.5) is 5.69 Å². The second-order valence-corrected chi connectivity index (χ2v) is 7.36. The minimum absolute atomic E-state index is 0.0729. The van der Waals surface area contributed by atoms with Gasteiger partial charge >= 0.3 is 0 Å². The van der Waals surface area contributed by atoms with Crippen LogP contribution in [0.2, 0.25) is 5.02 Å². The van der Waals surface area contributed by atoms with E-state index >= 15 is 0 Å². The van der Waals surface area contributed by atoms with Gasteiger partial charge in [-0.3, -0.25) is 0 Å². The smallest absolute Gasteiger partial charge is 0.242 e. The van der Waals surface area contributed by atoms with Gasteiger partial charge in [0.2, 0.25) is 10.0 Å². The van der Waals surface area contributed by atoms with Crippen molar-refractivity contribution in [2.24, 2.45) is 0 Å². The number of rotatable bonds is 6. The van der Waals surface area contributed by atoms with Crippen LogP contribution in [0.5, 0.6) is 0 Å². The number of halogens is 1. The van der Waals surface area contributed by atoms with E-state index in [9.17, 15) is 8.42 Å². The average molecular weight is 309 g/mol. The first kappa shape index (κ1) is 15.6. The summed E-state index contributed by atoms with van der Waals surface area (Å²) in [5, 5.41) is 0.831. The van der Waals surface area contributed by atoms with Gasteiger partial charge in [0, 0.05) is 16.8 Å². The Balaban J connectivity index is 2.74. The standard InChI is InChI=1S/C11H17ClN2O2S2/c1-8(17-2)5-6-14-18(15,16)11-4-3-9(12)7-10(11)13/h3-4,7-8,14H,5-6,13H2,1-2H3. The quantitative estimate of drug-likeness (QED) is 0.791. The Morgan fingerprint density at radius 3 is 2.72 bits per heavy atom. The molecule has 0 saturated carbocycles. The summed E-state index contributed by atoms with van der Waals surface area (Å²) >= 11 is 7.43. The number of nitrogens with one attached hydrogen (secondary N) is 1. The van der Waals surface area contributed by atoms with Gasteiger partial charge in [0.1, 0.15) is 4.90 Å². The molecule has 7 heteroatoms. The predicted molar refractivity (Wildman–Crippen MR) is 78.6 cm³/mol. The highest BCUT2D eigenvalue weighted by atomic mass is 35.5. The molecule has 0 aromatic heterocycles. The third-order valence-corrected chi connectivity index (χ3v) is 5.32.